The SMILES string of the molecule is COc1cc(NC2=C(c3ccc(C)cc3C)C(=O)N(c3ccccc3Cl)C2=O)cc(OC)c1. The lowest BCUT2D eigenvalue weighted by molar-refractivity contribution is -0.120. The average molecular weight is 463 g/mol. The number of amides is 2. The second kappa shape index (κ2) is 9.00. The number of hydrogen-bond acceptors (Lipinski definition) is 5. The maximum absolute atomic E-state index is 13.7. The Bertz CT molecular complexity index is 1280. The number of methoxy groups -OCH3 is 2. The van der Waals surface area contributed by atoms with Crippen LogP contribution >= 0.6 is 11.6 Å². The third-order valence-electron chi connectivity index (χ3n) is 5.45. The van der Waals surface area contributed by atoms with Gasteiger partial charge in [0.2, 0.25) is 0 Å². The minimum atomic E-state index is -0.495. The smallest absolute Gasteiger partial charge is 0.282 e. The van der Waals surface area contributed by atoms with Gasteiger partial charge in [0, 0.05) is 23.9 Å². The molecule has 3 aromatic carbocycles. The Morgan fingerprint density at radius 3 is 2.12 bits per heavy atom. The number of imide groups is 1. The minimum Gasteiger partial charge on any atom is -0.497 e. The van der Waals surface area contributed by atoms with E-state index >= 15 is 0 Å². The molecule has 0 unspecified atom stereocenters. The van der Waals surface area contributed by atoms with Gasteiger partial charge in [-0.25, -0.2) is 4.90 Å². The van der Waals surface area contributed by atoms with Crippen LogP contribution in [-0.2, 0) is 9.59 Å². The molecule has 0 saturated carbocycles. The number of para-hydroxylation sites is 1. The van der Waals surface area contributed by atoms with Crippen LogP contribution < -0.4 is 19.7 Å². The zero-order valence-corrected chi connectivity index (χ0v) is 19.5. The van der Waals surface area contributed by atoms with Crippen molar-refractivity contribution in [1.29, 1.82) is 0 Å². The number of carbonyl (C=O) groups excluding carboxylic acids is 2. The highest BCUT2D eigenvalue weighted by molar-refractivity contribution is 6.48. The zero-order valence-electron chi connectivity index (χ0n) is 18.7. The number of aryl methyl sites for hydroxylation is 2. The van der Waals surface area contributed by atoms with Crippen molar-refractivity contribution < 1.29 is 19.1 Å². The highest BCUT2D eigenvalue weighted by Crippen LogP contribution is 2.38. The van der Waals surface area contributed by atoms with Crippen molar-refractivity contribution in [3.8, 4) is 11.5 Å². The fourth-order valence-corrected chi connectivity index (χ4v) is 4.09. The second-order valence-corrected chi connectivity index (χ2v) is 8.10. The predicted octanol–water partition coefficient (Wildman–Crippen LogP) is 5.37. The molecule has 7 heteroatoms. The number of anilines is 2. The van der Waals surface area contributed by atoms with Gasteiger partial charge in [-0.05, 0) is 37.1 Å². The quantitative estimate of drug-likeness (QED) is 0.499. The normalized spacial score (nSPS) is 13.5. The van der Waals surface area contributed by atoms with Gasteiger partial charge in [0.1, 0.15) is 17.2 Å². The summed E-state index contributed by atoms with van der Waals surface area (Å²) in [6.45, 7) is 3.89. The van der Waals surface area contributed by atoms with Crippen LogP contribution in [0.2, 0.25) is 5.02 Å². The Labute approximate surface area is 197 Å². The predicted molar refractivity (Wildman–Crippen MR) is 130 cm³/mol. The summed E-state index contributed by atoms with van der Waals surface area (Å²) in [4.78, 5) is 28.4. The van der Waals surface area contributed by atoms with Crippen LogP contribution in [0.5, 0.6) is 11.5 Å². The van der Waals surface area contributed by atoms with Crippen LogP contribution in [0.4, 0.5) is 11.4 Å². The van der Waals surface area contributed by atoms with Crippen LogP contribution in [-0.4, -0.2) is 26.0 Å². The monoisotopic (exact) mass is 462 g/mol. The summed E-state index contributed by atoms with van der Waals surface area (Å²) >= 11 is 6.35. The van der Waals surface area contributed by atoms with Gasteiger partial charge in [-0.15, -0.1) is 0 Å². The van der Waals surface area contributed by atoms with E-state index < -0.39 is 11.8 Å². The summed E-state index contributed by atoms with van der Waals surface area (Å²) in [6.07, 6.45) is 0. The van der Waals surface area contributed by atoms with E-state index in [4.69, 9.17) is 21.1 Å². The summed E-state index contributed by atoms with van der Waals surface area (Å²) in [5, 5.41) is 3.45. The molecule has 33 heavy (non-hydrogen) atoms. The molecule has 0 fully saturated rings. The van der Waals surface area contributed by atoms with Crippen molar-refractivity contribution in [2.24, 2.45) is 0 Å². The fourth-order valence-electron chi connectivity index (χ4n) is 3.87. The summed E-state index contributed by atoms with van der Waals surface area (Å²) in [5.74, 6) is 0.151. The van der Waals surface area contributed by atoms with Gasteiger partial charge in [-0.1, -0.05) is 47.5 Å². The molecule has 168 valence electrons. The van der Waals surface area contributed by atoms with Gasteiger partial charge in [-0.3, -0.25) is 9.59 Å². The van der Waals surface area contributed by atoms with Crippen LogP contribution in [0.25, 0.3) is 5.57 Å². The van der Waals surface area contributed by atoms with Crippen LogP contribution in [0, 0.1) is 13.8 Å². The third-order valence-corrected chi connectivity index (χ3v) is 5.77. The van der Waals surface area contributed by atoms with E-state index in [2.05, 4.69) is 5.32 Å². The molecule has 3 aromatic rings. The summed E-state index contributed by atoms with van der Waals surface area (Å²) in [6, 6.07) is 17.7. The van der Waals surface area contributed by atoms with E-state index in [1.807, 2.05) is 32.0 Å². The van der Waals surface area contributed by atoms with E-state index in [-0.39, 0.29) is 11.3 Å². The Morgan fingerprint density at radius 1 is 0.848 bits per heavy atom. The molecular weight excluding hydrogens is 440 g/mol. The first kappa shape index (κ1) is 22.4. The molecule has 0 aliphatic carbocycles. The number of nitrogens with one attached hydrogen (secondary N) is 1. The number of ether oxygens (including phenoxy) is 2. The lowest BCUT2D eigenvalue weighted by Gasteiger charge is -2.17. The molecular formula is C26H23ClN2O4. The van der Waals surface area contributed by atoms with Crippen LogP contribution in [0.1, 0.15) is 16.7 Å². The first-order valence-corrected chi connectivity index (χ1v) is 10.7. The largest absolute Gasteiger partial charge is 0.497 e. The Hall–Kier alpha value is -3.77. The number of hydrogen-bond donors (Lipinski definition) is 1. The molecule has 0 atom stereocenters. The molecule has 1 heterocycles. The fraction of sp³-hybridized carbons (Fsp3) is 0.154. The molecule has 0 saturated heterocycles. The van der Waals surface area contributed by atoms with Crippen LogP contribution in [0.3, 0.4) is 0 Å². The standard InChI is InChI=1S/C26H23ClN2O4/c1-15-9-10-20(16(2)11-15)23-24(28-17-12-18(32-3)14-19(13-17)33-4)26(31)29(25(23)30)22-8-6-5-7-21(22)27/h5-14,28H,1-4H3. The lowest BCUT2D eigenvalue weighted by Crippen LogP contribution is -2.32. The summed E-state index contributed by atoms with van der Waals surface area (Å²) in [7, 11) is 3.09. The van der Waals surface area contributed by atoms with E-state index in [1.165, 1.54) is 0 Å². The van der Waals surface area contributed by atoms with E-state index in [0.717, 1.165) is 16.0 Å². The van der Waals surface area contributed by atoms with E-state index in [1.54, 1.807) is 56.7 Å². The molecule has 2 amide bonds. The van der Waals surface area contributed by atoms with Gasteiger partial charge in [0.15, 0.2) is 0 Å². The van der Waals surface area contributed by atoms with Crippen molar-refractivity contribution in [2.75, 3.05) is 24.4 Å². The Morgan fingerprint density at radius 2 is 1.52 bits per heavy atom. The summed E-state index contributed by atoms with van der Waals surface area (Å²) < 4.78 is 10.7. The Balaban J connectivity index is 1.88. The highest BCUT2D eigenvalue weighted by Gasteiger charge is 2.41. The topological polar surface area (TPSA) is 67.9 Å². The van der Waals surface area contributed by atoms with Gasteiger partial charge in [0.25, 0.3) is 11.8 Å². The van der Waals surface area contributed by atoms with Crippen molar-refractivity contribution in [3.05, 3.63) is 88.1 Å². The number of benzene rings is 3. The maximum Gasteiger partial charge on any atom is 0.282 e. The molecule has 0 radical (unpaired) electrons. The van der Waals surface area contributed by atoms with Gasteiger partial charge in [-0.2, -0.15) is 0 Å². The van der Waals surface area contributed by atoms with Crippen molar-refractivity contribution in [2.45, 2.75) is 13.8 Å². The summed E-state index contributed by atoms with van der Waals surface area (Å²) in [5.41, 5.74) is 3.92. The molecule has 1 N–H and O–H groups in total. The number of halogens is 1. The highest BCUT2D eigenvalue weighted by atomic mass is 35.5. The number of rotatable bonds is 6. The Kier molecular flexibility index (Phi) is 6.11. The maximum atomic E-state index is 13.7. The first-order valence-electron chi connectivity index (χ1n) is 10.3. The van der Waals surface area contributed by atoms with Crippen molar-refractivity contribution in [3.63, 3.8) is 0 Å². The van der Waals surface area contributed by atoms with Gasteiger partial charge < -0.3 is 14.8 Å². The second-order valence-electron chi connectivity index (χ2n) is 7.69. The van der Waals surface area contributed by atoms with Gasteiger partial charge in [0.05, 0.1) is 30.5 Å². The van der Waals surface area contributed by atoms with Crippen molar-refractivity contribution in [1.82, 2.24) is 0 Å². The average Bonchev–Trinajstić information content (AvgIpc) is 3.03. The molecule has 4 rings (SSSR count). The molecule has 0 bridgehead atoms. The van der Waals surface area contributed by atoms with Crippen molar-refractivity contribution >= 4 is 40.4 Å². The number of carbonyl (C=O) groups is 2. The lowest BCUT2D eigenvalue weighted by atomic mass is 9.97. The third kappa shape index (κ3) is 4.17. The number of nitrogens with zero attached hydrogens (tertiary/aromatic N) is 1. The van der Waals surface area contributed by atoms with Gasteiger partial charge >= 0.3 is 0 Å². The first-order chi connectivity index (χ1) is 15.8. The molecule has 0 aromatic heterocycles. The molecule has 0 spiro atoms. The molecule has 1 aliphatic heterocycles. The minimum absolute atomic E-state index is 0.155. The van der Waals surface area contributed by atoms with E-state index in [9.17, 15) is 9.59 Å². The van der Waals surface area contributed by atoms with Crippen LogP contribution in [0.15, 0.2) is 66.4 Å². The van der Waals surface area contributed by atoms with E-state index in [0.29, 0.717) is 33.5 Å². The molecule has 6 nitrogen and oxygen atoms in total. The molecule has 1 aliphatic rings. The zero-order chi connectivity index (χ0) is 23.7.